The van der Waals surface area contributed by atoms with Crippen molar-refractivity contribution in [1.82, 2.24) is 4.90 Å². The van der Waals surface area contributed by atoms with Crippen LogP contribution in [0.3, 0.4) is 0 Å². The van der Waals surface area contributed by atoms with Crippen molar-refractivity contribution in [2.45, 2.75) is 13.0 Å². The highest BCUT2D eigenvalue weighted by molar-refractivity contribution is 5.85. The molecule has 1 atom stereocenters. The molecule has 2 heterocycles. The summed E-state index contributed by atoms with van der Waals surface area (Å²) in [6.45, 7) is 5.58. The van der Waals surface area contributed by atoms with Crippen molar-refractivity contribution < 1.29 is 14.3 Å². The molecule has 3 aromatic carbocycles. The molecule has 1 aromatic heterocycles. The Balaban J connectivity index is 0.00000304. The number of β-amino-alcohol motifs (C(OH)–C–C–N with tert-alkyl or cyclic N) is 1. The minimum absolute atomic E-state index is 0. The molecular weight excluding hydrogens is 476 g/mol. The number of piperazine rings is 1. The largest absolute Gasteiger partial charge is 0.495 e. The van der Waals surface area contributed by atoms with E-state index in [4.69, 9.17) is 9.15 Å². The molecule has 0 spiro atoms. The van der Waals surface area contributed by atoms with Crippen LogP contribution in [0.15, 0.2) is 82.0 Å². The summed E-state index contributed by atoms with van der Waals surface area (Å²) in [4.78, 5) is 17.7. The second-order valence-corrected chi connectivity index (χ2v) is 8.95. The van der Waals surface area contributed by atoms with Gasteiger partial charge in [-0.2, -0.15) is 0 Å². The van der Waals surface area contributed by atoms with E-state index in [0.29, 0.717) is 34.4 Å². The minimum atomic E-state index is -0.772. The summed E-state index contributed by atoms with van der Waals surface area (Å²) in [6.07, 6.45) is -0.772. The van der Waals surface area contributed by atoms with Crippen molar-refractivity contribution in [3.8, 4) is 17.1 Å². The Hall–Kier alpha value is -3.32. The van der Waals surface area contributed by atoms with Gasteiger partial charge in [0.15, 0.2) is 5.43 Å². The second-order valence-electron chi connectivity index (χ2n) is 8.95. The number of benzene rings is 3. The fourth-order valence-electron chi connectivity index (χ4n) is 4.86. The van der Waals surface area contributed by atoms with E-state index in [1.54, 1.807) is 20.1 Å². The van der Waals surface area contributed by atoms with Crippen LogP contribution in [0.4, 0.5) is 5.69 Å². The molecule has 5 rings (SSSR count). The molecule has 1 fully saturated rings. The van der Waals surface area contributed by atoms with Gasteiger partial charge in [0.1, 0.15) is 17.1 Å². The van der Waals surface area contributed by atoms with E-state index in [0.717, 1.165) is 43.2 Å². The molecule has 0 radical (unpaired) electrons. The molecular formula is C29H31ClN2O4. The van der Waals surface area contributed by atoms with Gasteiger partial charge in [-0.1, -0.05) is 54.6 Å². The van der Waals surface area contributed by atoms with Gasteiger partial charge in [0, 0.05) is 49.4 Å². The summed E-state index contributed by atoms with van der Waals surface area (Å²) in [7, 11) is 1.69. The SMILES string of the molecule is COc1ccccc1N1CCN(CC(O)c2cccc3c(=O)c(C)c(-c4ccccc4)oc23)CC1.Cl. The van der Waals surface area contributed by atoms with Gasteiger partial charge in [0.05, 0.1) is 24.3 Å². The Morgan fingerprint density at radius 3 is 2.36 bits per heavy atom. The monoisotopic (exact) mass is 506 g/mol. The Labute approximate surface area is 217 Å². The molecule has 0 amide bonds. The normalized spacial score (nSPS) is 14.9. The fourth-order valence-corrected chi connectivity index (χ4v) is 4.86. The first-order chi connectivity index (χ1) is 17.1. The van der Waals surface area contributed by atoms with Crippen LogP contribution in [0.1, 0.15) is 17.2 Å². The van der Waals surface area contributed by atoms with Crippen molar-refractivity contribution in [3.05, 3.63) is 94.1 Å². The molecule has 1 unspecified atom stereocenters. The maximum absolute atomic E-state index is 13.1. The number of rotatable bonds is 6. The summed E-state index contributed by atoms with van der Waals surface area (Å²) in [5, 5.41) is 11.7. The fraction of sp³-hybridized carbons (Fsp3) is 0.276. The number of ether oxygens (including phenoxy) is 1. The smallest absolute Gasteiger partial charge is 0.196 e. The molecule has 6 nitrogen and oxygen atoms in total. The summed E-state index contributed by atoms with van der Waals surface area (Å²) in [6, 6.07) is 23.1. The van der Waals surface area contributed by atoms with Crippen LogP contribution in [-0.2, 0) is 0 Å². The lowest BCUT2D eigenvalue weighted by molar-refractivity contribution is 0.110. The van der Waals surface area contributed by atoms with Crippen molar-refractivity contribution in [3.63, 3.8) is 0 Å². The van der Waals surface area contributed by atoms with Gasteiger partial charge in [-0.05, 0) is 25.1 Å². The highest BCUT2D eigenvalue weighted by Gasteiger charge is 2.24. The number of hydrogen-bond acceptors (Lipinski definition) is 6. The molecule has 0 saturated carbocycles. The maximum Gasteiger partial charge on any atom is 0.196 e. The van der Waals surface area contributed by atoms with Gasteiger partial charge in [-0.25, -0.2) is 0 Å². The third-order valence-electron chi connectivity index (χ3n) is 6.80. The van der Waals surface area contributed by atoms with Crippen LogP contribution in [-0.4, -0.2) is 49.8 Å². The third-order valence-corrected chi connectivity index (χ3v) is 6.80. The summed E-state index contributed by atoms with van der Waals surface area (Å²) in [5.74, 6) is 1.42. The first-order valence-electron chi connectivity index (χ1n) is 12.0. The van der Waals surface area contributed by atoms with E-state index in [2.05, 4.69) is 15.9 Å². The van der Waals surface area contributed by atoms with Crippen molar-refractivity contribution in [1.29, 1.82) is 0 Å². The predicted molar refractivity (Wildman–Crippen MR) is 147 cm³/mol. The zero-order valence-corrected chi connectivity index (χ0v) is 21.3. The van der Waals surface area contributed by atoms with Gasteiger partial charge >= 0.3 is 0 Å². The van der Waals surface area contributed by atoms with Gasteiger partial charge in [-0.3, -0.25) is 9.69 Å². The van der Waals surface area contributed by atoms with Crippen LogP contribution in [0, 0.1) is 6.92 Å². The summed E-state index contributed by atoms with van der Waals surface area (Å²) in [5.41, 5.74) is 3.55. The molecule has 188 valence electrons. The lowest BCUT2D eigenvalue weighted by atomic mass is 10.0. The molecule has 1 aliphatic rings. The molecule has 1 aliphatic heterocycles. The lowest BCUT2D eigenvalue weighted by Crippen LogP contribution is -2.47. The van der Waals surface area contributed by atoms with Crippen LogP contribution in [0.25, 0.3) is 22.3 Å². The van der Waals surface area contributed by atoms with Crippen LogP contribution in [0.2, 0.25) is 0 Å². The highest BCUT2D eigenvalue weighted by atomic mass is 35.5. The van der Waals surface area contributed by atoms with E-state index in [-0.39, 0.29) is 17.8 Å². The molecule has 36 heavy (non-hydrogen) atoms. The zero-order chi connectivity index (χ0) is 24.4. The Morgan fingerprint density at radius 2 is 1.64 bits per heavy atom. The van der Waals surface area contributed by atoms with Crippen molar-refractivity contribution >= 4 is 29.1 Å². The molecule has 1 N–H and O–H groups in total. The number of hydrogen-bond donors (Lipinski definition) is 1. The average molecular weight is 507 g/mol. The molecule has 4 aromatic rings. The van der Waals surface area contributed by atoms with Crippen molar-refractivity contribution in [2.75, 3.05) is 44.7 Å². The standard InChI is InChI=1S/C29H30N2O4.ClH/c1-20-27(33)23-12-8-11-22(29(23)35-28(20)21-9-4-3-5-10-21)25(32)19-30-15-17-31(18-16-30)24-13-6-7-14-26(24)34-2;/h3-14,25,32H,15-19H2,1-2H3;1H. The number of nitrogens with zero attached hydrogens (tertiary/aromatic N) is 2. The Morgan fingerprint density at radius 1 is 0.944 bits per heavy atom. The van der Waals surface area contributed by atoms with Gasteiger partial charge in [0.2, 0.25) is 0 Å². The highest BCUT2D eigenvalue weighted by Crippen LogP contribution is 2.31. The van der Waals surface area contributed by atoms with E-state index in [9.17, 15) is 9.90 Å². The average Bonchev–Trinajstić information content (AvgIpc) is 2.91. The molecule has 0 aliphatic carbocycles. The van der Waals surface area contributed by atoms with Crippen LogP contribution < -0.4 is 15.1 Å². The quantitative estimate of drug-likeness (QED) is 0.394. The lowest BCUT2D eigenvalue weighted by Gasteiger charge is -2.37. The maximum atomic E-state index is 13.1. The Bertz CT molecular complexity index is 1380. The van der Waals surface area contributed by atoms with E-state index in [1.807, 2.05) is 60.7 Å². The van der Waals surface area contributed by atoms with Crippen molar-refractivity contribution in [2.24, 2.45) is 0 Å². The first kappa shape index (κ1) is 25.8. The van der Waals surface area contributed by atoms with Gasteiger partial charge in [-0.15, -0.1) is 12.4 Å². The van der Waals surface area contributed by atoms with E-state index < -0.39 is 6.10 Å². The second kappa shape index (κ2) is 11.2. The number of methoxy groups -OCH3 is 1. The van der Waals surface area contributed by atoms with Crippen LogP contribution in [0.5, 0.6) is 5.75 Å². The van der Waals surface area contributed by atoms with E-state index in [1.165, 1.54) is 0 Å². The molecule has 7 heteroatoms. The van der Waals surface area contributed by atoms with Crippen LogP contribution >= 0.6 is 12.4 Å². The number of halogens is 1. The summed E-state index contributed by atoms with van der Waals surface area (Å²) < 4.78 is 11.8. The summed E-state index contributed by atoms with van der Waals surface area (Å²) >= 11 is 0. The van der Waals surface area contributed by atoms with Gasteiger partial charge in [0.25, 0.3) is 0 Å². The number of aliphatic hydroxyl groups is 1. The van der Waals surface area contributed by atoms with Gasteiger partial charge < -0.3 is 19.2 Å². The Kier molecular flexibility index (Phi) is 7.99. The number of anilines is 1. The number of aliphatic hydroxyl groups excluding tert-OH is 1. The predicted octanol–water partition coefficient (Wildman–Crippen LogP) is 5.05. The molecule has 0 bridgehead atoms. The number of fused-ring (bicyclic) bond motifs is 1. The molecule has 1 saturated heterocycles. The number of para-hydroxylation sites is 3. The zero-order valence-electron chi connectivity index (χ0n) is 20.5. The van der Waals surface area contributed by atoms with E-state index >= 15 is 0 Å². The minimum Gasteiger partial charge on any atom is -0.495 e. The first-order valence-corrected chi connectivity index (χ1v) is 12.0. The third kappa shape index (κ3) is 4.98. The topological polar surface area (TPSA) is 66.2 Å².